The maximum Gasteiger partial charge on any atom is 0.352 e. The van der Waals surface area contributed by atoms with Crippen LogP contribution in [-0.2, 0) is 13.0 Å². The predicted molar refractivity (Wildman–Crippen MR) is 101 cm³/mol. The van der Waals surface area contributed by atoms with Crippen LogP contribution in [0.25, 0.3) is 10.9 Å². The Balaban J connectivity index is 2.08. The zero-order valence-electron chi connectivity index (χ0n) is 14.8. The number of nitrogens with zero attached hydrogens (tertiary/aromatic N) is 2. The van der Waals surface area contributed by atoms with Gasteiger partial charge in [-0.2, -0.15) is 0 Å². The molecule has 4 heteroatoms. The lowest BCUT2D eigenvalue weighted by atomic mass is 10.0. The summed E-state index contributed by atoms with van der Waals surface area (Å²) in [5, 5.41) is 10.9. The first kappa shape index (κ1) is 17.2. The minimum Gasteiger partial charge on any atom is -0.477 e. The number of benzene rings is 2. The first-order valence-electron chi connectivity index (χ1n) is 8.60. The van der Waals surface area contributed by atoms with E-state index in [9.17, 15) is 9.90 Å². The average molecular weight is 336 g/mol. The molecule has 0 aliphatic carbocycles. The Morgan fingerprint density at radius 1 is 1.04 bits per heavy atom. The molecule has 0 amide bonds. The number of carboxylic acids is 1. The number of fused-ring (bicyclic) bond motifs is 1. The third-order valence-corrected chi connectivity index (χ3v) is 4.49. The molecule has 1 N–H and O–H groups in total. The highest BCUT2D eigenvalue weighted by molar-refractivity contribution is 5.98. The third kappa shape index (κ3) is 3.74. The molecule has 0 spiro atoms. The highest BCUT2D eigenvalue weighted by atomic mass is 16.4. The number of hydrogen-bond acceptors (Lipinski definition) is 2. The van der Waals surface area contributed by atoms with E-state index in [1.165, 1.54) is 0 Å². The van der Waals surface area contributed by atoms with E-state index >= 15 is 0 Å². The Kier molecular flexibility index (Phi) is 5.19. The molecule has 0 fully saturated rings. The number of carboxylic acid groups (broad SMARTS) is 1. The van der Waals surface area contributed by atoms with Crippen molar-refractivity contribution in [3.05, 3.63) is 71.4 Å². The van der Waals surface area contributed by atoms with E-state index in [-0.39, 0.29) is 0 Å². The number of rotatable bonds is 7. The van der Waals surface area contributed by atoms with Crippen molar-refractivity contribution in [2.24, 2.45) is 0 Å². The van der Waals surface area contributed by atoms with Gasteiger partial charge in [-0.15, -0.1) is 0 Å². The SMILES string of the molecule is CN(C)CCCn1c(C(=O)O)c(Cc2ccccc2)c2ccccc21. The van der Waals surface area contributed by atoms with E-state index in [0.717, 1.165) is 35.0 Å². The maximum atomic E-state index is 12.1. The van der Waals surface area contributed by atoms with Gasteiger partial charge in [0.15, 0.2) is 0 Å². The van der Waals surface area contributed by atoms with Crippen LogP contribution in [0, 0.1) is 0 Å². The molecule has 2 aromatic carbocycles. The molecule has 0 atom stereocenters. The minimum absolute atomic E-state index is 0.420. The van der Waals surface area contributed by atoms with Crippen LogP contribution in [0.15, 0.2) is 54.6 Å². The summed E-state index contributed by atoms with van der Waals surface area (Å²) >= 11 is 0. The van der Waals surface area contributed by atoms with Gasteiger partial charge < -0.3 is 14.6 Å². The molecule has 25 heavy (non-hydrogen) atoms. The number of hydrogen-bond donors (Lipinski definition) is 1. The molecule has 0 aliphatic heterocycles. The van der Waals surface area contributed by atoms with E-state index < -0.39 is 5.97 Å². The van der Waals surface area contributed by atoms with Crippen molar-refractivity contribution < 1.29 is 9.90 Å². The standard InChI is InChI=1S/C21H24N2O2/c1-22(2)13-8-14-23-19-12-7-6-11-17(19)18(20(23)21(24)25)15-16-9-4-3-5-10-16/h3-7,9-12H,8,13-15H2,1-2H3,(H,24,25). The largest absolute Gasteiger partial charge is 0.477 e. The summed E-state index contributed by atoms with van der Waals surface area (Å²) in [5.74, 6) is -0.855. The van der Waals surface area contributed by atoms with Gasteiger partial charge in [-0.05, 0) is 44.3 Å². The summed E-state index contributed by atoms with van der Waals surface area (Å²) in [6.07, 6.45) is 1.54. The van der Waals surface area contributed by atoms with Crippen molar-refractivity contribution in [1.82, 2.24) is 9.47 Å². The van der Waals surface area contributed by atoms with Gasteiger partial charge >= 0.3 is 5.97 Å². The Morgan fingerprint density at radius 2 is 1.72 bits per heavy atom. The number of aryl methyl sites for hydroxylation is 1. The highest BCUT2D eigenvalue weighted by Gasteiger charge is 2.22. The first-order valence-corrected chi connectivity index (χ1v) is 8.60. The number of para-hydroxylation sites is 1. The lowest BCUT2D eigenvalue weighted by molar-refractivity contribution is 0.0684. The van der Waals surface area contributed by atoms with Crippen LogP contribution in [0.4, 0.5) is 0 Å². The van der Waals surface area contributed by atoms with Crippen LogP contribution in [0.2, 0.25) is 0 Å². The van der Waals surface area contributed by atoms with Gasteiger partial charge in [0.25, 0.3) is 0 Å². The summed E-state index contributed by atoms with van der Waals surface area (Å²) < 4.78 is 1.97. The molecule has 0 bridgehead atoms. The molecule has 3 aromatic rings. The number of aromatic nitrogens is 1. The molecule has 1 aromatic heterocycles. The van der Waals surface area contributed by atoms with Crippen LogP contribution >= 0.6 is 0 Å². The molecule has 1 heterocycles. The Bertz CT molecular complexity index is 866. The van der Waals surface area contributed by atoms with Crippen molar-refractivity contribution >= 4 is 16.9 Å². The van der Waals surface area contributed by atoms with Gasteiger partial charge in [0.1, 0.15) is 5.69 Å². The van der Waals surface area contributed by atoms with Gasteiger partial charge in [-0.3, -0.25) is 0 Å². The lowest BCUT2D eigenvalue weighted by Gasteiger charge is -2.12. The monoisotopic (exact) mass is 336 g/mol. The fraction of sp³-hybridized carbons (Fsp3) is 0.286. The van der Waals surface area contributed by atoms with E-state index in [2.05, 4.69) is 4.90 Å². The van der Waals surface area contributed by atoms with Crippen LogP contribution in [-0.4, -0.2) is 41.2 Å². The highest BCUT2D eigenvalue weighted by Crippen LogP contribution is 2.29. The Morgan fingerprint density at radius 3 is 2.40 bits per heavy atom. The smallest absolute Gasteiger partial charge is 0.352 e. The second-order valence-electron chi connectivity index (χ2n) is 6.62. The average Bonchev–Trinajstić information content (AvgIpc) is 2.90. The van der Waals surface area contributed by atoms with E-state index in [1.54, 1.807) is 0 Å². The van der Waals surface area contributed by atoms with Crippen molar-refractivity contribution in [2.45, 2.75) is 19.4 Å². The summed E-state index contributed by atoms with van der Waals surface area (Å²) in [5.41, 5.74) is 3.45. The minimum atomic E-state index is -0.855. The molecule has 0 saturated heterocycles. The Hall–Kier alpha value is -2.59. The molecular formula is C21H24N2O2. The molecule has 130 valence electrons. The van der Waals surface area contributed by atoms with E-state index in [0.29, 0.717) is 18.7 Å². The number of aromatic carboxylic acids is 1. The third-order valence-electron chi connectivity index (χ3n) is 4.49. The van der Waals surface area contributed by atoms with Gasteiger partial charge in [0.2, 0.25) is 0 Å². The van der Waals surface area contributed by atoms with E-state index in [4.69, 9.17) is 0 Å². The second-order valence-corrected chi connectivity index (χ2v) is 6.62. The molecule has 0 aliphatic rings. The maximum absolute atomic E-state index is 12.1. The first-order chi connectivity index (χ1) is 12.1. The molecule has 0 radical (unpaired) electrons. The number of carbonyl (C=O) groups is 1. The van der Waals surface area contributed by atoms with Gasteiger partial charge in [0.05, 0.1) is 0 Å². The fourth-order valence-electron chi connectivity index (χ4n) is 3.38. The quantitative estimate of drug-likeness (QED) is 0.712. The Labute approximate surface area is 148 Å². The predicted octanol–water partition coefficient (Wildman–Crippen LogP) is 3.88. The molecule has 0 unspecified atom stereocenters. The fourth-order valence-corrected chi connectivity index (χ4v) is 3.38. The summed E-state index contributed by atoms with van der Waals surface area (Å²) in [6.45, 7) is 1.63. The normalized spacial score (nSPS) is 11.3. The van der Waals surface area contributed by atoms with Crippen molar-refractivity contribution in [3.8, 4) is 0 Å². The van der Waals surface area contributed by atoms with Crippen LogP contribution < -0.4 is 0 Å². The van der Waals surface area contributed by atoms with Crippen molar-refractivity contribution in [2.75, 3.05) is 20.6 Å². The van der Waals surface area contributed by atoms with Crippen LogP contribution in [0.1, 0.15) is 28.0 Å². The second kappa shape index (κ2) is 7.53. The topological polar surface area (TPSA) is 45.5 Å². The molecule has 3 rings (SSSR count). The van der Waals surface area contributed by atoms with Crippen molar-refractivity contribution in [1.29, 1.82) is 0 Å². The van der Waals surface area contributed by atoms with Gasteiger partial charge in [-0.25, -0.2) is 4.79 Å². The zero-order chi connectivity index (χ0) is 17.8. The molecule has 4 nitrogen and oxygen atoms in total. The van der Waals surface area contributed by atoms with Crippen LogP contribution in [0.3, 0.4) is 0 Å². The lowest BCUT2D eigenvalue weighted by Crippen LogP contribution is -2.17. The molecule has 0 saturated carbocycles. The zero-order valence-corrected chi connectivity index (χ0v) is 14.8. The summed E-state index contributed by atoms with van der Waals surface area (Å²) in [4.78, 5) is 14.2. The van der Waals surface area contributed by atoms with Gasteiger partial charge in [0, 0.05) is 23.9 Å². The summed E-state index contributed by atoms with van der Waals surface area (Å²) in [6, 6.07) is 18.1. The van der Waals surface area contributed by atoms with Crippen molar-refractivity contribution in [3.63, 3.8) is 0 Å². The van der Waals surface area contributed by atoms with E-state index in [1.807, 2.05) is 73.3 Å². The van der Waals surface area contributed by atoms with Gasteiger partial charge in [-0.1, -0.05) is 48.5 Å². The molecular weight excluding hydrogens is 312 g/mol. The van der Waals surface area contributed by atoms with Crippen LogP contribution in [0.5, 0.6) is 0 Å². The summed E-state index contributed by atoms with van der Waals surface area (Å²) in [7, 11) is 4.07.